The fourth-order valence-corrected chi connectivity index (χ4v) is 3.01. The average molecular weight is 317 g/mol. The Morgan fingerprint density at radius 2 is 2.09 bits per heavy atom. The average Bonchev–Trinajstić information content (AvgIpc) is 3.32. The number of rotatable bonds is 4. The molecule has 1 N–H and O–H groups in total. The van der Waals surface area contributed by atoms with Crippen molar-refractivity contribution in [3.8, 4) is 0 Å². The monoisotopic (exact) mass is 317 g/mol. The Hall–Kier alpha value is -2.11. The molecule has 2 heterocycles. The summed E-state index contributed by atoms with van der Waals surface area (Å²) in [5, 5.41) is 2.76. The van der Waals surface area contributed by atoms with E-state index in [9.17, 15) is 9.18 Å². The number of anilines is 1. The SMILES string of the molecule is O=C(NCC1(F)CCN(c2nc3ccccc3o2)CC1)C1CC1. The number of nitrogens with zero attached hydrogens (tertiary/aromatic N) is 2. The van der Waals surface area contributed by atoms with Crippen molar-refractivity contribution >= 4 is 23.0 Å². The molecule has 2 aliphatic rings. The first-order valence-corrected chi connectivity index (χ1v) is 8.20. The second-order valence-electron chi connectivity index (χ2n) is 6.59. The number of piperidine rings is 1. The van der Waals surface area contributed by atoms with Crippen molar-refractivity contribution in [2.24, 2.45) is 5.92 Å². The van der Waals surface area contributed by atoms with Gasteiger partial charge in [0.1, 0.15) is 11.2 Å². The van der Waals surface area contributed by atoms with Gasteiger partial charge < -0.3 is 14.6 Å². The van der Waals surface area contributed by atoms with Crippen LogP contribution in [0.15, 0.2) is 28.7 Å². The molecule has 0 radical (unpaired) electrons. The molecule has 1 aromatic carbocycles. The van der Waals surface area contributed by atoms with Crippen molar-refractivity contribution in [3.63, 3.8) is 0 Å². The molecule has 2 fully saturated rings. The van der Waals surface area contributed by atoms with Crippen LogP contribution in [0.4, 0.5) is 10.4 Å². The van der Waals surface area contributed by atoms with E-state index in [0.29, 0.717) is 31.9 Å². The molecule has 2 aromatic rings. The number of para-hydroxylation sites is 2. The van der Waals surface area contributed by atoms with Gasteiger partial charge in [-0.15, -0.1) is 0 Å². The van der Waals surface area contributed by atoms with Crippen LogP contribution in [0.3, 0.4) is 0 Å². The number of fused-ring (bicyclic) bond motifs is 1. The minimum absolute atomic E-state index is 0.00315. The van der Waals surface area contributed by atoms with Crippen molar-refractivity contribution in [3.05, 3.63) is 24.3 Å². The number of nitrogens with one attached hydrogen (secondary N) is 1. The highest BCUT2D eigenvalue weighted by atomic mass is 19.1. The van der Waals surface area contributed by atoms with Gasteiger partial charge in [-0.3, -0.25) is 4.79 Å². The van der Waals surface area contributed by atoms with E-state index < -0.39 is 5.67 Å². The number of hydrogen-bond donors (Lipinski definition) is 1. The van der Waals surface area contributed by atoms with Gasteiger partial charge in [0.2, 0.25) is 5.91 Å². The summed E-state index contributed by atoms with van der Waals surface area (Å²) in [6.07, 6.45) is 2.63. The number of oxazole rings is 1. The standard InChI is InChI=1S/C17H20FN3O2/c18-17(11-19-15(22)12-5-6-12)7-9-21(10-8-17)16-20-13-3-1-2-4-14(13)23-16/h1-4,12H,5-11H2,(H,19,22). The van der Waals surface area contributed by atoms with Gasteiger partial charge in [-0.25, -0.2) is 4.39 Å². The zero-order valence-corrected chi connectivity index (χ0v) is 12.9. The number of carbonyl (C=O) groups excluding carboxylic acids is 1. The van der Waals surface area contributed by atoms with Gasteiger partial charge in [-0.2, -0.15) is 4.98 Å². The Kier molecular flexibility index (Phi) is 3.47. The van der Waals surface area contributed by atoms with E-state index in [1.165, 1.54) is 0 Å². The zero-order chi connectivity index (χ0) is 15.9. The molecule has 1 saturated carbocycles. The lowest BCUT2D eigenvalue weighted by Crippen LogP contribution is -2.48. The highest BCUT2D eigenvalue weighted by Gasteiger charge is 2.37. The Labute approximate surface area is 133 Å². The molecule has 1 saturated heterocycles. The quantitative estimate of drug-likeness (QED) is 0.942. The van der Waals surface area contributed by atoms with Gasteiger partial charge in [0.05, 0.1) is 6.54 Å². The minimum Gasteiger partial charge on any atom is -0.423 e. The molecule has 1 aliphatic heterocycles. The molecule has 0 unspecified atom stereocenters. The lowest BCUT2D eigenvalue weighted by molar-refractivity contribution is -0.123. The number of amides is 1. The van der Waals surface area contributed by atoms with Gasteiger partial charge in [0.25, 0.3) is 6.01 Å². The summed E-state index contributed by atoms with van der Waals surface area (Å²) in [6.45, 7) is 1.20. The molecule has 0 atom stereocenters. The molecule has 5 nitrogen and oxygen atoms in total. The third kappa shape index (κ3) is 3.02. The van der Waals surface area contributed by atoms with Crippen molar-refractivity contribution in [1.29, 1.82) is 0 Å². The molecular formula is C17H20FN3O2. The summed E-state index contributed by atoms with van der Waals surface area (Å²) >= 11 is 0. The second-order valence-corrected chi connectivity index (χ2v) is 6.59. The van der Waals surface area contributed by atoms with E-state index in [0.717, 1.165) is 23.9 Å². The number of hydrogen-bond acceptors (Lipinski definition) is 4. The lowest BCUT2D eigenvalue weighted by Gasteiger charge is -2.35. The van der Waals surface area contributed by atoms with Crippen LogP contribution in [0.1, 0.15) is 25.7 Å². The third-order valence-electron chi connectivity index (χ3n) is 4.74. The van der Waals surface area contributed by atoms with Gasteiger partial charge in [0.15, 0.2) is 5.58 Å². The molecule has 1 aliphatic carbocycles. The summed E-state index contributed by atoms with van der Waals surface area (Å²) < 4.78 is 20.6. The molecule has 0 bridgehead atoms. The maximum Gasteiger partial charge on any atom is 0.298 e. The molecule has 4 rings (SSSR count). The fraction of sp³-hybridized carbons (Fsp3) is 0.529. The maximum absolute atomic E-state index is 14.8. The van der Waals surface area contributed by atoms with Crippen LogP contribution in [-0.4, -0.2) is 36.2 Å². The Morgan fingerprint density at radius 3 is 2.78 bits per heavy atom. The number of alkyl halides is 1. The van der Waals surface area contributed by atoms with Crippen molar-refractivity contribution in [2.45, 2.75) is 31.4 Å². The number of benzene rings is 1. The number of halogens is 1. The summed E-state index contributed by atoms with van der Waals surface area (Å²) in [7, 11) is 0. The summed E-state index contributed by atoms with van der Waals surface area (Å²) in [6, 6.07) is 8.15. The Morgan fingerprint density at radius 1 is 1.35 bits per heavy atom. The summed E-state index contributed by atoms with van der Waals surface area (Å²) in [4.78, 5) is 18.1. The Bertz CT molecular complexity index is 684. The van der Waals surface area contributed by atoms with Crippen molar-refractivity contribution in [1.82, 2.24) is 10.3 Å². The molecule has 6 heteroatoms. The van der Waals surface area contributed by atoms with Crippen molar-refractivity contribution in [2.75, 3.05) is 24.5 Å². The van der Waals surface area contributed by atoms with Crippen LogP contribution in [0.25, 0.3) is 11.1 Å². The predicted molar refractivity (Wildman–Crippen MR) is 85.0 cm³/mol. The topological polar surface area (TPSA) is 58.4 Å². The highest BCUT2D eigenvalue weighted by molar-refractivity contribution is 5.80. The van der Waals surface area contributed by atoms with Crippen molar-refractivity contribution < 1.29 is 13.6 Å². The number of aromatic nitrogens is 1. The second kappa shape index (κ2) is 5.51. The third-order valence-corrected chi connectivity index (χ3v) is 4.74. The molecule has 0 spiro atoms. The Balaban J connectivity index is 1.36. The molecule has 1 amide bonds. The molecular weight excluding hydrogens is 297 g/mol. The molecule has 1 aromatic heterocycles. The normalized spacial score (nSPS) is 20.7. The smallest absolute Gasteiger partial charge is 0.298 e. The highest BCUT2D eigenvalue weighted by Crippen LogP contribution is 2.32. The molecule has 23 heavy (non-hydrogen) atoms. The van der Waals surface area contributed by atoms with Crippen LogP contribution in [0, 0.1) is 5.92 Å². The lowest BCUT2D eigenvalue weighted by atomic mass is 9.93. The van der Waals surface area contributed by atoms with E-state index in [1.54, 1.807) is 0 Å². The van der Waals surface area contributed by atoms with E-state index in [2.05, 4.69) is 10.3 Å². The van der Waals surface area contributed by atoms with Gasteiger partial charge in [-0.05, 0) is 25.0 Å². The van der Waals surface area contributed by atoms with Crippen LogP contribution in [0.2, 0.25) is 0 Å². The van der Waals surface area contributed by atoms with E-state index in [-0.39, 0.29) is 18.4 Å². The zero-order valence-electron chi connectivity index (χ0n) is 12.9. The number of carbonyl (C=O) groups is 1. The fourth-order valence-electron chi connectivity index (χ4n) is 3.01. The van der Waals surface area contributed by atoms with E-state index in [1.807, 2.05) is 29.2 Å². The largest absolute Gasteiger partial charge is 0.423 e. The minimum atomic E-state index is -1.33. The maximum atomic E-state index is 14.8. The van der Waals surface area contributed by atoms with Crippen LogP contribution in [0.5, 0.6) is 0 Å². The van der Waals surface area contributed by atoms with Gasteiger partial charge in [-0.1, -0.05) is 12.1 Å². The summed E-state index contributed by atoms with van der Waals surface area (Å²) in [5.74, 6) is 0.127. The van der Waals surface area contributed by atoms with E-state index in [4.69, 9.17) is 4.42 Å². The van der Waals surface area contributed by atoms with Crippen LogP contribution >= 0.6 is 0 Å². The van der Waals surface area contributed by atoms with Gasteiger partial charge in [0, 0.05) is 31.8 Å². The first kappa shape index (κ1) is 14.5. The first-order chi connectivity index (χ1) is 11.1. The predicted octanol–water partition coefficient (Wildman–Crippen LogP) is 2.66. The van der Waals surface area contributed by atoms with Gasteiger partial charge >= 0.3 is 0 Å². The van der Waals surface area contributed by atoms with E-state index >= 15 is 0 Å². The van der Waals surface area contributed by atoms with Crippen LogP contribution < -0.4 is 10.2 Å². The van der Waals surface area contributed by atoms with Crippen LogP contribution in [-0.2, 0) is 4.79 Å². The molecule has 122 valence electrons. The first-order valence-electron chi connectivity index (χ1n) is 8.20. The summed E-state index contributed by atoms with van der Waals surface area (Å²) in [5.41, 5.74) is 0.236.